The molecule has 24 heavy (non-hydrogen) atoms. The van der Waals surface area contributed by atoms with E-state index in [0.29, 0.717) is 19.7 Å². The highest BCUT2D eigenvalue weighted by atomic mass is 16.5. The van der Waals surface area contributed by atoms with Gasteiger partial charge in [0, 0.05) is 25.8 Å². The van der Waals surface area contributed by atoms with Crippen LogP contribution in [0.15, 0.2) is 41.5 Å². The molecule has 0 bridgehead atoms. The third-order valence-electron chi connectivity index (χ3n) is 3.57. The van der Waals surface area contributed by atoms with Gasteiger partial charge in [-0.2, -0.15) is 10.1 Å². The van der Waals surface area contributed by atoms with Crippen molar-refractivity contribution in [2.45, 2.75) is 13.0 Å². The maximum absolute atomic E-state index is 12.7. The summed E-state index contributed by atoms with van der Waals surface area (Å²) in [5, 5.41) is 11.8. The molecule has 0 aliphatic carbocycles. The van der Waals surface area contributed by atoms with Gasteiger partial charge in [-0.25, -0.2) is 4.79 Å². The quantitative estimate of drug-likeness (QED) is 0.793. The Bertz CT molecular complexity index is 713. The smallest absolute Gasteiger partial charge is 0.342 e. The van der Waals surface area contributed by atoms with Gasteiger partial charge in [-0.05, 0) is 18.6 Å². The Morgan fingerprint density at radius 2 is 2.25 bits per heavy atom. The Kier molecular flexibility index (Phi) is 5.07. The van der Waals surface area contributed by atoms with Crippen molar-refractivity contribution in [1.29, 1.82) is 0 Å². The first-order valence-electron chi connectivity index (χ1n) is 7.75. The molecule has 0 saturated heterocycles. The number of nitrogens with zero attached hydrogens (tertiary/aromatic N) is 4. The Balaban J connectivity index is 1.86. The van der Waals surface area contributed by atoms with E-state index >= 15 is 0 Å². The van der Waals surface area contributed by atoms with Gasteiger partial charge in [-0.15, -0.1) is 4.79 Å². The van der Waals surface area contributed by atoms with Gasteiger partial charge < -0.3 is 15.4 Å². The molecule has 0 spiro atoms. The second-order valence-corrected chi connectivity index (χ2v) is 5.25. The summed E-state index contributed by atoms with van der Waals surface area (Å²) < 4.78 is 5.01. The zero-order valence-corrected chi connectivity index (χ0v) is 13.5. The average molecular weight is 328 g/mol. The number of carbonyl (C=O) groups excluding carboxylic acids is 1. The number of aliphatic imine (C=N–C) groups is 1. The maximum Gasteiger partial charge on any atom is 0.342 e. The van der Waals surface area contributed by atoms with Crippen molar-refractivity contribution >= 4 is 23.9 Å². The molecule has 2 amide bonds. The molecule has 1 aromatic heterocycles. The minimum atomic E-state index is -0.257. The zero-order chi connectivity index (χ0) is 16.8. The summed E-state index contributed by atoms with van der Waals surface area (Å²) in [4.78, 5) is 18.5. The predicted molar refractivity (Wildman–Crippen MR) is 92.3 cm³/mol. The Morgan fingerprint density at radius 1 is 1.42 bits per heavy atom. The summed E-state index contributed by atoms with van der Waals surface area (Å²) in [5.74, 6) is 0.737. The summed E-state index contributed by atoms with van der Waals surface area (Å²) in [5.41, 5.74) is 1.66. The van der Waals surface area contributed by atoms with Crippen LogP contribution in [0.1, 0.15) is 12.0 Å². The van der Waals surface area contributed by atoms with Gasteiger partial charge in [-0.1, -0.05) is 18.2 Å². The molecule has 0 atom stereocenters. The van der Waals surface area contributed by atoms with Crippen LogP contribution in [-0.4, -0.2) is 42.5 Å². The molecular formula is C16H20N6O2. The predicted octanol–water partition coefficient (Wildman–Crippen LogP) is 1.85. The summed E-state index contributed by atoms with van der Waals surface area (Å²) in [7, 11) is 1.64. The molecule has 1 aromatic carbocycles. The summed E-state index contributed by atoms with van der Waals surface area (Å²) in [6.07, 6.45) is 4.07. The first kappa shape index (κ1) is 16.0. The number of urea groups is 1. The van der Waals surface area contributed by atoms with Crippen LogP contribution in [0, 0.1) is 0 Å². The molecule has 0 saturated carbocycles. The van der Waals surface area contributed by atoms with Crippen LogP contribution in [0.4, 0.5) is 16.3 Å². The van der Waals surface area contributed by atoms with Crippen LogP contribution in [0.25, 0.3) is 0 Å². The van der Waals surface area contributed by atoms with E-state index in [1.807, 2.05) is 30.3 Å². The number of rotatable bonds is 6. The van der Waals surface area contributed by atoms with Gasteiger partial charge >= 0.3 is 6.03 Å². The molecular weight excluding hydrogens is 308 g/mol. The van der Waals surface area contributed by atoms with Gasteiger partial charge in [0.25, 0.3) is 0 Å². The van der Waals surface area contributed by atoms with E-state index in [1.54, 1.807) is 24.4 Å². The molecule has 126 valence electrons. The lowest BCUT2D eigenvalue weighted by molar-refractivity contribution is 0.193. The number of hydrogen-bond acceptors (Lipinski definition) is 5. The summed E-state index contributed by atoms with van der Waals surface area (Å²) >= 11 is 0. The van der Waals surface area contributed by atoms with E-state index in [9.17, 15) is 4.79 Å². The minimum Gasteiger partial charge on any atom is -0.385 e. The number of para-hydroxylation sites is 1. The van der Waals surface area contributed by atoms with Gasteiger partial charge in [0.2, 0.25) is 0 Å². The molecule has 2 heterocycles. The average Bonchev–Trinajstić information content (AvgIpc) is 3.04. The number of amides is 2. The number of carbonyl (C=O) groups is 1. The third kappa shape index (κ3) is 3.38. The van der Waals surface area contributed by atoms with E-state index in [0.717, 1.165) is 23.5 Å². The maximum atomic E-state index is 12.7. The fourth-order valence-electron chi connectivity index (χ4n) is 2.41. The van der Waals surface area contributed by atoms with Crippen LogP contribution in [0.5, 0.6) is 0 Å². The van der Waals surface area contributed by atoms with E-state index in [1.165, 1.54) is 5.01 Å². The highest BCUT2D eigenvalue weighted by Crippen LogP contribution is 2.23. The lowest BCUT2D eigenvalue weighted by atomic mass is 10.3. The molecule has 1 aliphatic rings. The Labute approximate surface area is 140 Å². The molecule has 3 rings (SSSR count). The standard InChI is InChI=1S/C16H20N6O2/c1-24-9-5-8-18-16(23)21(14-6-3-2-4-7-14)22-15-13(11-20-22)10-17-12-19-15/h2-4,6-7,11-12H,5,8-10H2,1H3,(H,17,19)(H,18,23). The molecule has 8 heteroatoms. The van der Waals surface area contributed by atoms with Crippen LogP contribution >= 0.6 is 0 Å². The van der Waals surface area contributed by atoms with Crippen molar-refractivity contribution in [3.05, 3.63) is 42.1 Å². The van der Waals surface area contributed by atoms with Gasteiger partial charge in [0.15, 0.2) is 5.82 Å². The fraction of sp³-hybridized carbons (Fsp3) is 0.312. The number of ether oxygens (including phenoxy) is 1. The number of benzene rings is 1. The normalized spacial score (nSPS) is 12.4. The number of nitrogens with one attached hydrogen (secondary N) is 2. The van der Waals surface area contributed by atoms with Crippen molar-refractivity contribution in [3.63, 3.8) is 0 Å². The van der Waals surface area contributed by atoms with Crippen LogP contribution in [-0.2, 0) is 11.3 Å². The summed E-state index contributed by atoms with van der Waals surface area (Å²) in [6.45, 7) is 1.66. The molecule has 1 aliphatic heterocycles. The minimum absolute atomic E-state index is 0.257. The SMILES string of the molecule is COCCCNC(=O)N(c1ccccc1)n1ncc2c1NC=NC2. The first-order valence-corrected chi connectivity index (χ1v) is 7.75. The van der Waals surface area contributed by atoms with Crippen molar-refractivity contribution in [3.8, 4) is 0 Å². The molecule has 0 fully saturated rings. The highest BCUT2D eigenvalue weighted by molar-refractivity contribution is 5.92. The van der Waals surface area contributed by atoms with E-state index in [-0.39, 0.29) is 6.03 Å². The monoisotopic (exact) mass is 328 g/mol. The van der Waals surface area contributed by atoms with E-state index in [4.69, 9.17) is 4.74 Å². The molecule has 2 aromatic rings. The van der Waals surface area contributed by atoms with Crippen LogP contribution in [0.2, 0.25) is 0 Å². The lowest BCUT2D eigenvalue weighted by Gasteiger charge is -2.25. The molecule has 0 radical (unpaired) electrons. The van der Waals surface area contributed by atoms with Gasteiger partial charge in [0.1, 0.15) is 0 Å². The highest BCUT2D eigenvalue weighted by Gasteiger charge is 2.23. The third-order valence-corrected chi connectivity index (χ3v) is 3.57. The second kappa shape index (κ2) is 7.60. The van der Waals surface area contributed by atoms with E-state index in [2.05, 4.69) is 20.7 Å². The van der Waals surface area contributed by atoms with E-state index < -0.39 is 0 Å². The first-order chi connectivity index (χ1) is 11.8. The number of aromatic nitrogens is 2. The largest absolute Gasteiger partial charge is 0.385 e. The van der Waals surface area contributed by atoms with Crippen LogP contribution in [0.3, 0.4) is 0 Å². The van der Waals surface area contributed by atoms with Gasteiger partial charge in [-0.3, -0.25) is 4.99 Å². The molecule has 0 unspecified atom stereocenters. The topological polar surface area (TPSA) is 83.8 Å². The number of methoxy groups -OCH3 is 1. The van der Waals surface area contributed by atoms with Crippen molar-refractivity contribution in [2.75, 3.05) is 30.6 Å². The number of hydrogen-bond donors (Lipinski definition) is 2. The molecule has 2 N–H and O–H groups in total. The summed E-state index contributed by atoms with van der Waals surface area (Å²) in [6, 6.07) is 9.13. The molecule has 8 nitrogen and oxygen atoms in total. The lowest BCUT2D eigenvalue weighted by Crippen LogP contribution is -2.45. The van der Waals surface area contributed by atoms with Crippen molar-refractivity contribution in [1.82, 2.24) is 15.2 Å². The fourth-order valence-corrected chi connectivity index (χ4v) is 2.41. The second-order valence-electron chi connectivity index (χ2n) is 5.25. The number of anilines is 2. The Morgan fingerprint density at radius 3 is 3.04 bits per heavy atom. The Hall–Kier alpha value is -2.87. The van der Waals surface area contributed by atoms with Gasteiger partial charge in [0.05, 0.1) is 24.8 Å². The van der Waals surface area contributed by atoms with Crippen molar-refractivity contribution in [2.24, 2.45) is 4.99 Å². The number of fused-ring (bicyclic) bond motifs is 1. The van der Waals surface area contributed by atoms with Crippen molar-refractivity contribution < 1.29 is 9.53 Å². The van der Waals surface area contributed by atoms with Crippen LogP contribution < -0.4 is 15.6 Å². The zero-order valence-electron chi connectivity index (χ0n) is 13.5.